The number of carbonyl (C=O) groups is 1. The van der Waals surface area contributed by atoms with E-state index in [9.17, 15) is 4.79 Å². The Hall–Kier alpha value is -1.65. The molecular formula is C8H10N4O. The highest BCUT2D eigenvalue weighted by Gasteiger charge is 2.30. The Labute approximate surface area is 75.7 Å². The summed E-state index contributed by atoms with van der Waals surface area (Å²) in [6.45, 7) is 4.83. The molecule has 5 heteroatoms. The van der Waals surface area contributed by atoms with E-state index in [1.165, 1.54) is 12.4 Å². The summed E-state index contributed by atoms with van der Waals surface area (Å²) in [6, 6.07) is 0.284. The van der Waals surface area contributed by atoms with Gasteiger partial charge in [-0.05, 0) is 6.08 Å². The van der Waals surface area contributed by atoms with Gasteiger partial charge < -0.3 is 4.90 Å². The molecule has 0 aromatic carbocycles. The van der Waals surface area contributed by atoms with Crippen LogP contribution in [0.3, 0.4) is 0 Å². The summed E-state index contributed by atoms with van der Waals surface area (Å²) in [4.78, 5) is 16.6. The van der Waals surface area contributed by atoms with Crippen LogP contribution in [0.15, 0.2) is 25.3 Å². The van der Waals surface area contributed by atoms with E-state index >= 15 is 0 Å². The van der Waals surface area contributed by atoms with Crippen LogP contribution in [0.2, 0.25) is 0 Å². The Morgan fingerprint density at radius 2 is 2.38 bits per heavy atom. The number of rotatable bonds is 2. The Morgan fingerprint density at radius 3 is 2.92 bits per heavy atom. The molecule has 2 rings (SSSR count). The fraction of sp³-hybridized carbons (Fsp3) is 0.375. The van der Waals surface area contributed by atoms with Crippen LogP contribution in [0.25, 0.3) is 0 Å². The van der Waals surface area contributed by atoms with Crippen LogP contribution in [0, 0.1) is 0 Å². The molecule has 13 heavy (non-hydrogen) atoms. The van der Waals surface area contributed by atoms with Crippen LogP contribution >= 0.6 is 0 Å². The topological polar surface area (TPSA) is 51.0 Å². The van der Waals surface area contributed by atoms with Crippen LogP contribution in [0.5, 0.6) is 0 Å². The smallest absolute Gasteiger partial charge is 0.246 e. The minimum absolute atomic E-state index is 0.0173. The van der Waals surface area contributed by atoms with Gasteiger partial charge in [-0.15, -0.1) is 0 Å². The number of nitrogens with zero attached hydrogens (tertiary/aromatic N) is 4. The molecule has 1 saturated heterocycles. The maximum Gasteiger partial charge on any atom is 0.246 e. The molecule has 0 unspecified atom stereocenters. The number of amides is 1. The molecule has 1 aromatic rings. The van der Waals surface area contributed by atoms with Gasteiger partial charge in [0, 0.05) is 13.1 Å². The first-order valence-corrected chi connectivity index (χ1v) is 4.06. The fourth-order valence-corrected chi connectivity index (χ4v) is 1.34. The number of likely N-dealkylation sites (tertiary alicyclic amines) is 1. The monoisotopic (exact) mass is 178 g/mol. The standard InChI is InChI=1S/C8H10N4O/c1-2-8(13)11-3-7(4-11)12-6-9-5-10-12/h2,5-7H,1,3-4H2. The lowest BCUT2D eigenvalue weighted by Gasteiger charge is -2.38. The first-order valence-electron chi connectivity index (χ1n) is 4.06. The van der Waals surface area contributed by atoms with E-state index in [1.807, 2.05) is 0 Å². The van der Waals surface area contributed by atoms with Crippen molar-refractivity contribution in [2.45, 2.75) is 6.04 Å². The summed E-state index contributed by atoms with van der Waals surface area (Å²) in [6.07, 6.45) is 4.50. The second-order valence-corrected chi connectivity index (χ2v) is 2.98. The molecule has 0 saturated carbocycles. The molecule has 0 atom stereocenters. The number of aromatic nitrogens is 3. The highest BCUT2D eigenvalue weighted by molar-refractivity contribution is 5.87. The Kier molecular flexibility index (Phi) is 1.84. The number of carbonyl (C=O) groups excluding carboxylic acids is 1. The quantitative estimate of drug-likeness (QED) is 0.592. The molecule has 1 aliphatic rings. The van der Waals surface area contributed by atoms with Gasteiger partial charge in [0.25, 0.3) is 0 Å². The average Bonchev–Trinajstić information content (AvgIpc) is 2.54. The van der Waals surface area contributed by atoms with Crippen molar-refractivity contribution in [1.82, 2.24) is 19.7 Å². The fourth-order valence-electron chi connectivity index (χ4n) is 1.34. The van der Waals surface area contributed by atoms with Crippen molar-refractivity contribution in [3.05, 3.63) is 25.3 Å². The van der Waals surface area contributed by atoms with Gasteiger partial charge in [0.15, 0.2) is 0 Å². The predicted octanol–water partition coefficient (Wildman–Crippen LogP) is -0.153. The third kappa shape index (κ3) is 1.32. The van der Waals surface area contributed by atoms with E-state index in [1.54, 1.807) is 15.9 Å². The van der Waals surface area contributed by atoms with Gasteiger partial charge in [-0.1, -0.05) is 6.58 Å². The number of hydrogen-bond donors (Lipinski definition) is 0. The van der Waals surface area contributed by atoms with E-state index in [4.69, 9.17) is 0 Å². The second-order valence-electron chi connectivity index (χ2n) is 2.98. The Morgan fingerprint density at radius 1 is 1.62 bits per heavy atom. The molecule has 1 fully saturated rings. The van der Waals surface area contributed by atoms with E-state index in [-0.39, 0.29) is 11.9 Å². The van der Waals surface area contributed by atoms with Gasteiger partial charge in [-0.3, -0.25) is 4.79 Å². The third-order valence-electron chi connectivity index (χ3n) is 2.16. The van der Waals surface area contributed by atoms with Gasteiger partial charge in [0.05, 0.1) is 6.04 Å². The van der Waals surface area contributed by atoms with Crippen LogP contribution in [-0.2, 0) is 4.79 Å². The van der Waals surface area contributed by atoms with Crippen LogP contribution in [0.4, 0.5) is 0 Å². The van der Waals surface area contributed by atoms with Crippen LogP contribution < -0.4 is 0 Å². The molecule has 0 bridgehead atoms. The lowest BCUT2D eigenvalue weighted by atomic mass is 10.1. The largest absolute Gasteiger partial charge is 0.335 e. The Balaban J connectivity index is 1.92. The molecule has 5 nitrogen and oxygen atoms in total. The summed E-state index contributed by atoms with van der Waals surface area (Å²) in [5, 5.41) is 4.00. The molecule has 0 radical (unpaired) electrons. The molecule has 0 aliphatic carbocycles. The summed E-state index contributed by atoms with van der Waals surface area (Å²) in [7, 11) is 0. The van der Waals surface area contributed by atoms with Crippen molar-refractivity contribution < 1.29 is 4.79 Å². The summed E-state index contributed by atoms with van der Waals surface area (Å²) >= 11 is 0. The highest BCUT2D eigenvalue weighted by Crippen LogP contribution is 2.19. The summed E-state index contributed by atoms with van der Waals surface area (Å²) < 4.78 is 1.77. The van der Waals surface area contributed by atoms with Crippen molar-refractivity contribution in [2.24, 2.45) is 0 Å². The van der Waals surface area contributed by atoms with E-state index in [2.05, 4.69) is 16.7 Å². The highest BCUT2D eigenvalue weighted by atomic mass is 16.2. The van der Waals surface area contributed by atoms with Crippen LogP contribution in [-0.4, -0.2) is 38.7 Å². The van der Waals surface area contributed by atoms with Gasteiger partial charge in [-0.25, -0.2) is 9.67 Å². The second kappa shape index (κ2) is 3.01. The van der Waals surface area contributed by atoms with Gasteiger partial charge in [-0.2, -0.15) is 5.10 Å². The maximum atomic E-state index is 11.1. The Bertz CT molecular complexity index is 313. The molecule has 68 valence electrons. The maximum absolute atomic E-state index is 11.1. The molecular weight excluding hydrogens is 168 g/mol. The molecule has 0 N–H and O–H groups in total. The van der Waals surface area contributed by atoms with Crippen molar-refractivity contribution in [1.29, 1.82) is 0 Å². The molecule has 2 heterocycles. The average molecular weight is 178 g/mol. The van der Waals surface area contributed by atoms with Gasteiger partial charge in [0.2, 0.25) is 5.91 Å². The van der Waals surface area contributed by atoms with E-state index < -0.39 is 0 Å². The normalized spacial score (nSPS) is 16.8. The lowest BCUT2D eigenvalue weighted by molar-refractivity contribution is -0.131. The van der Waals surface area contributed by atoms with Crippen molar-refractivity contribution in [3.8, 4) is 0 Å². The van der Waals surface area contributed by atoms with E-state index in [0.717, 1.165) is 0 Å². The predicted molar refractivity (Wildman–Crippen MR) is 45.8 cm³/mol. The van der Waals surface area contributed by atoms with Crippen molar-refractivity contribution in [2.75, 3.05) is 13.1 Å². The third-order valence-corrected chi connectivity index (χ3v) is 2.16. The molecule has 1 aromatic heterocycles. The minimum atomic E-state index is -0.0173. The number of hydrogen-bond acceptors (Lipinski definition) is 3. The summed E-state index contributed by atoms with van der Waals surface area (Å²) in [5.41, 5.74) is 0. The zero-order chi connectivity index (χ0) is 9.26. The van der Waals surface area contributed by atoms with Crippen molar-refractivity contribution >= 4 is 5.91 Å². The van der Waals surface area contributed by atoms with E-state index in [0.29, 0.717) is 13.1 Å². The van der Waals surface area contributed by atoms with Crippen molar-refractivity contribution in [3.63, 3.8) is 0 Å². The first kappa shape index (κ1) is 7.97. The first-order chi connectivity index (χ1) is 6.31. The molecule has 0 spiro atoms. The SMILES string of the molecule is C=CC(=O)N1CC(n2cncn2)C1. The zero-order valence-electron chi connectivity index (χ0n) is 7.13. The summed E-state index contributed by atoms with van der Waals surface area (Å²) in [5.74, 6) is -0.0173. The zero-order valence-corrected chi connectivity index (χ0v) is 7.13. The lowest BCUT2D eigenvalue weighted by Crippen LogP contribution is -2.50. The molecule has 1 aliphatic heterocycles. The van der Waals surface area contributed by atoms with Gasteiger partial charge in [0.1, 0.15) is 12.7 Å². The molecule has 1 amide bonds. The van der Waals surface area contributed by atoms with Gasteiger partial charge >= 0.3 is 0 Å². The van der Waals surface area contributed by atoms with Crippen LogP contribution in [0.1, 0.15) is 6.04 Å². The minimum Gasteiger partial charge on any atom is -0.335 e.